The number of carbonyl (C=O) groups excluding carboxylic acids is 1. The second-order valence-corrected chi connectivity index (χ2v) is 2.06. The fourth-order valence-electron chi connectivity index (χ4n) is 0.791. The highest BCUT2D eigenvalue weighted by Gasteiger charge is 2.08. The van der Waals surface area contributed by atoms with Gasteiger partial charge in [-0.2, -0.15) is 0 Å². The van der Waals surface area contributed by atoms with Gasteiger partial charge < -0.3 is 10.1 Å². The molecule has 44 valence electrons. The number of aldehydes is 1. The third kappa shape index (κ3) is 0.954. The lowest BCUT2D eigenvalue weighted by molar-refractivity contribution is -0.108. The molecule has 0 aliphatic carbocycles. The fourth-order valence-corrected chi connectivity index (χ4v) is 0.791. The molecule has 1 N–H and O–H groups in total. The van der Waals surface area contributed by atoms with Gasteiger partial charge in [0.05, 0.1) is 6.04 Å². The molecule has 0 aromatic carbocycles. The number of hydrogen-bond donors (Lipinski definition) is 1. The Labute approximate surface area is 48.6 Å². The lowest BCUT2D eigenvalue weighted by Crippen LogP contribution is -2.22. The quantitative estimate of drug-likeness (QED) is 0.384. The maximum Gasteiger partial charge on any atom is 0.140 e. The monoisotopic (exact) mass is 111 g/mol. The zero-order valence-corrected chi connectivity index (χ0v) is 4.85. The smallest absolute Gasteiger partial charge is 0.140 e. The first-order chi connectivity index (χ1) is 3.83. The van der Waals surface area contributed by atoms with Crippen molar-refractivity contribution in [3.05, 3.63) is 11.6 Å². The average Bonchev–Trinajstić information content (AvgIpc) is 2.14. The van der Waals surface area contributed by atoms with Crippen molar-refractivity contribution in [2.24, 2.45) is 0 Å². The third-order valence-corrected chi connectivity index (χ3v) is 1.23. The first kappa shape index (κ1) is 5.51. The van der Waals surface area contributed by atoms with Gasteiger partial charge >= 0.3 is 0 Å². The molecular weight excluding hydrogens is 102 g/mol. The normalized spacial score (nSPS) is 27.6. The number of rotatable bonds is 1. The summed E-state index contributed by atoms with van der Waals surface area (Å²) < 4.78 is 0. The summed E-state index contributed by atoms with van der Waals surface area (Å²) in [4.78, 5) is 10.0. The van der Waals surface area contributed by atoms with Crippen molar-refractivity contribution < 1.29 is 4.79 Å². The van der Waals surface area contributed by atoms with Crippen molar-refractivity contribution in [2.75, 3.05) is 6.54 Å². The number of carbonyl (C=O) groups is 1. The highest BCUT2D eigenvalue weighted by molar-refractivity contribution is 5.62. The standard InChI is InChI=1S/C6H9NO/c1-5-2-6(4-8)7-3-5/h2,4,6-7H,3H2,1H3. The molecule has 0 aromatic heterocycles. The molecule has 0 fully saturated rings. The molecule has 1 atom stereocenters. The molecule has 0 bridgehead atoms. The van der Waals surface area contributed by atoms with Gasteiger partial charge in [0.25, 0.3) is 0 Å². The van der Waals surface area contributed by atoms with E-state index in [0.29, 0.717) is 0 Å². The highest BCUT2D eigenvalue weighted by Crippen LogP contribution is 2.00. The summed E-state index contributed by atoms with van der Waals surface area (Å²) in [5, 5.41) is 3.00. The van der Waals surface area contributed by atoms with Crippen molar-refractivity contribution in [3.8, 4) is 0 Å². The Morgan fingerprint density at radius 2 is 2.75 bits per heavy atom. The van der Waals surface area contributed by atoms with Gasteiger partial charge in [0.15, 0.2) is 0 Å². The van der Waals surface area contributed by atoms with Crippen LogP contribution in [0.1, 0.15) is 6.92 Å². The predicted molar refractivity (Wildman–Crippen MR) is 31.6 cm³/mol. The molecule has 2 heteroatoms. The van der Waals surface area contributed by atoms with Crippen LogP contribution in [0.3, 0.4) is 0 Å². The van der Waals surface area contributed by atoms with Crippen LogP contribution in [0.5, 0.6) is 0 Å². The summed E-state index contributed by atoms with van der Waals surface area (Å²) in [6, 6.07) is -0.0185. The Bertz CT molecular complexity index is 128. The zero-order valence-electron chi connectivity index (χ0n) is 4.85. The minimum Gasteiger partial charge on any atom is -0.301 e. The molecule has 0 amide bonds. The lowest BCUT2D eigenvalue weighted by atomic mass is 10.3. The summed E-state index contributed by atoms with van der Waals surface area (Å²) in [6.45, 7) is 2.87. The largest absolute Gasteiger partial charge is 0.301 e. The summed E-state index contributed by atoms with van der Waals surface area (Å²) >= 11 is 0. The van der Waals surface area contributed by atoms with E-state index >= 15 is 0 Å². The van der Waals surface area contributed by atoms with Crippen LogP contribution in [0.2, 0.25) is 0 Å². The minimum atomic E-state index is -0.0185. The fraction of sp³-hybridized carbons (Fsp3) is 0.500. The highest BCUT2D eigenvalue weighted by atomic mass is 16.1. The number of nitrogens with one attached hydrogen (secondary N) is 1. The van der Waals surface area contributed by atoms with Gasteiger partial charge in [0.2, 0.25) is 0 Å². The van der Waals surface area contributed by atoms with Crippen molar-refractivity contribution in [3.63, 3.8) is 0 Å². The molecule has 2 nitrogen and oxygen atoms in total. The third-order valence-electron chi connectivity index (χ3n) is 1.23. The number of hydrogen-bond acceptors (Lipinski definition) is 2. The van der Waals surface area contributed by atoms with Crippen LogP contribution in [-0.4, -0.2) is 18.9 Å². The molecule has 1 unspecified atom stereocenters. The van der Waals surface area contributed by atoms with E-state index < -0.39 is 0 Å². The second kappa shape index (κ2) is 2.09. The molecule has 0 aromatic rings. The van der Waals surface area contributed by atoms with E-state index in [0.717, 1.165) is 12.8 Å². The van der Waals surface area contributed by atoms with E-state index in [1.54, 1.807) is 0 Å². The summed E-state index contributed by atoms with van der Waals surface area (Å²) in [5.74, 6) is 0. The Balaban J connectivity index is 2.53. The van der Waals surface area contributed by atoms with Crippen LogP contribution in [0.4, 0.5) is 0 Å². The summed E-state index contributed by atoms with van der Waals surface area (Å²) in [5.41, 5.74) is 1.25. The molecule has 1 heterocycles. The molecule has 8 heavy (non-hydrogen) atoms. The first-order valence-electron chi connectivity index (χ1n) is 2.69. The molecule has 0 saturated carbocycles. The van der Waals surface area contributed by atoms with Gasteiger partial charge in [-0.05, 0) is 6.92 Å². The van der Waals surface area contributed by atoms with Gasteiger partial charge in [0, 0.05) is 6.54 Å². The maximum atomic E-state index is 10.0. The minimum absolute atomic E-state index is 0.0185. The Morgan fingerprint density at radius 3 is 3.00 bits per heavy atom. The average molecular weight is 111 g/mol. The van der Waals surface area contributed by atoms with Crippen molar-refractivity contribution in [2.45, 2.75) is 13.0 Å². The van der Waals surface area contributed by atoms with Crippen molar-refractivity contribution in [1.82, 2.24) is 5.32 Å². The van der Waals surface area contributed by atoms with Crippen LogP contribution in [0.15, 0.2) is 11.6 Å². The van der Waals surface area contributed by atoms with E-state index in [9.17, 15) is 4.79 Å². The maximum absolute atomic E-state index is 10.0. The molecule has 0 spiro atoms. The van der Waals surface area contributed by atoms with E-state index in [2.05, 4.69) is 5.32 Å². The molecule has 0 saturated heterocycles. The molecular formula is C6H9NO. The van der Waals surface area contributed by atoms with Crippen LogP contribution < -0.4 is 5.32 Å². The summed E-state index contributed by atoms with van der Waals surface area (Å²) in [7, 11) is 0. The predicted octanol–water partition coefficient (Wildman–Crippen LogP) is 0.103. The van der Waals surface area contributed by atoms with Crippen molar-refractivity contribution in [1.29, 1.82) is 0 Å². The summed E-state index contributed by atoms with van der Waals surface area (Å²) in [6.07, 6.45) is 2.85. The van der Waals surface area contributed by atoms with Gasteiger partial charge in [-0.25, -0.2) is 0 Å². The molecule has 0 radical (unpaired) electrons. The van der Waals surface area contributed by atoms with Crippen LogP contribution in [-0.2, 0) is 4.79 Å². The SMILES string of the molecule is CC1=CC(C=O)NC1. The molecule has 1 aliphatic rings. The van der Waals surface area contributed by atoms with Gasteiger partial charge in [-0.15, -0.1) is 0 Å². The van der Waals surface area contributed by atoms with Crippen LogP contribution in [0, 0.1) is 0 Å². The molecule has 1 aliphatic heterocycles. The topological polar surface area (TPSA) is 29.1 Å². The lowest BCUT2D eigenvalue weighted by Gasteiger charge is -1.93. The van der Waals surface area contributed by atoms with Gasteiger partial charge in [0.1, 0.15) is 6.29 Å². The van der Waals surface area contributed by atoms with Gasteiger partial charge in [-0.3, -0.25) is 0 Å². The zero-order chi connectivity index (χ0) is 5.98. The van der Waals surface area contributed by atoms with E-state index in [1.807, 2.05) is 13.0 Å². The Morgan fingerprint density at radius 1 is 2.00 bits per heavy atom. The van der Waals surface area contributed by atoms with E-state index in [-0.39, 0.29) is 6.04 Å². The van der Waals surface area contributed by atoms with E-state index in [4.69, 9.17) is 0 Å². The Hall–Kier alpha value is -0.630. The first-order valence-corrected chi connectivity index (χ1v) is 2.69. The van der Waals surface area contributed by atoms with Crippen molar-refractivity contribution >= 4 is 6.29 Å². The van der Waals surface area contributed by atoms with E-state index in [1.165, 1.54) is 5.57 Å². The second-order valence-electron chi connectivity index (χ2n) is 2.06. The molecule has 1 rings (SSSR count). The van der Waals surface area contributed by atoms with Crippen LogP contribution >= 0.6 is 0 Å². The Kier molecular flexibility index (Phi) is 1.44. The van der Waals surface area contributed by atoms with Crippen LogP contribution in [0.25, 0.3) is 0 Å². The van der Waals surface area contributed by atoms with Gasteiger partial charge in [-0.1, -0.05) is 11.6 Å².